The van der Waals surface area contributed by atoms with E-state index in [-0.39, 0.29) is 5.91 Å². The quantitative estimate of drug-likeness (QED) is 0.0509. The SMILES string of the molecule is NCNN.NNCNC(=O)CCCCC1SCC2NCNC21.O=C(O)CCCCC1SCC2NCNC21. The molecule has 0 radical (unpaired) electrons. The number of amides is 1. The molecule has 4 aliphatic heterocycles. The highest BCUT2D eigenvalue weighted by Crippen LogP contribution is 2.33. The van der Waals surface area contributed by atoms with Crippen LogP contribution in [-0.2, 0) is 9.59 Å². The van der Waals surface area contributed by atoms with Crippen molar-refractivity contribution in [2.75, 3.05) is 38.2 Å². The number of carboxylic acid groups (broad SMARTS) is 1. The Labute approximate surface area is 229 Å². The normalized spacial score (nSPS) is 29.5. The van der Waals surface area contributed by atoms with Crippen molar-refractivity contribution in [3.63, 3.8) is 0 Å². The van der Waals surface area contributed by atoms with E-state index in [0.717, 1.165) is 45.4 Å². The summed E-state index contributed by atoms with van der Waals surface area (Å²) < 4.78 is 0. The number of unbranched alkanes of at least 4 members (excludes halogenated alkanes) is 2. The van der Waals surface area contributed by atoms with Gasteiger partial charge < -0.3 is 16.2 Å². The van der Waals surface area contributed by atoms with Crippen LogP contribution in [0.3, 0.4) is 0 Å². The van der Waals surface area contributed by atoms with Crippen molar-refractivity contribution in [2.45, 2.75) is 86.0 Å². The van der Waals surface area contributed by atoms with Crippen LogP contribution in [0.4, 0.5) is 0 Å². The van der Waals surface area contributed by atoms with Gasteiger partial charge in [-0.05, 0) is 25.7 Å². The number of hydrazine groups is 2. The lowest BCUT2D eigenvalue weighted by molar-refractivity contribution is -0.137. The van der Waals surface area contributed by atoms with Gasteiger partial charge >= 0.3 is 5.97 Å². The van der Waals surface area contributed by atoms with Crippen molar-refractivity contribution in [3.8, 4) is 0 Å². The zero-order valence-electron chi connectivity index (χ0n) is 21.7. The summed E-state index contributed by atoms with van der Waals surface area (Å²) in [7, 11) is 0. The van der Waals surface area contributed by atoms with Gasteiger partial charge in [-0.1, -0.05) is 12.8 Å². The molecule has 4 aliphatic rings. The van der Waals surface area contributed by atoms with Crippen molar-refractivity contribution in [1.29, 1.82) is 0 Å². The molecule has 37 heavy (non-hydrogen) atoms. The van der Waals surface area contributed by atoms with Crippen LogP contribution in [0.2, 0.25) is 0 Å². The van der Waals surface area contributed by atoms with Crippen LogP contribution in [0, 0.1) is 0 Å². The highest BCUT2D eigenvalue weighted by Gasteiger charge is 2.39. The van der Waals surface area contributed by atoms with Gasteiger partial charge in [0.1, 0.15) is 0 Å². The second kappa shape index (κ2) is 19.4. The van der Waals surface area contributed by atoms with E-state index in [9.17, 15) is 9.59 Å². The van der Waals surface area contributed by atoms with E-state index in [1.807, 2.05) is 11.8 Å². The number of carboxylic acids is 1. The molecule has 1 amide bonds. The first-order valence-corrected chi connectivity index (χ1v) is 15.3. The van der Waals surface area contributed by atoms with E-state index in [1.54, 1.807) is 0 Å². The number of aliphatic carboxylic acids is 1. The Bertz CT molecular complexity index is 652. The Kier molecular flexibility index (Phi) is 17.0. The Morgan fingerprint density at radius 1 is 0.811 bits per heavy atom. The van der Waals surface area contributed by atoms with Gasteiger partial charge in [-0.2, -0.15) is 23.5 Å². The highest BCUT2D eigenvalue weighted by molar-refractivity contribution is 8.00. The van der Waals surface area contributed by atoms with Crippen LogP contribution in [0.25, 0.3) is 0 Å². The second-order valence-electron chi connectivity index (χ2n) is 9.45. The van der Waals surface area contributed by atoms with Gasteiger partial charge in [-0.25, -0.2) is 10.9 Å². The number of nitrogens with two attached hydrogens (primary N) is 3. The van der Waals surface area contributed by atoms with Crippen LogP contribution in [0.15, 0.2) is 0 Å². The molecule has 216 valence electrons. The highest BCUT2D eigenvalue weighted by atomic mass is 32.2. The number of fused-ring (bicyclic) bond motifs is 2. The summed E-state index contributed by atoms with van der Waals surface area (Å²) in [5.74, 6) is 11.5. The fourth-order valence-corrected chi connectivity index (χ4v) is 8.15. The first kappa shape index (κ1) is 32.5. The second-order valence-corrected chi connectivity index (χ2v) is 12.0. The molecular weight excluding hydrogens is 516 g/mol. The molecular formula is C22H48N10O3S2. The lowest BCUT2D eigenvalue weighted by Gasteiger charge is -2.16. The predicted octanol–water partition coefficient (Wildman–Crippen LogP) is -1.91. The molecule has 0 bridgehead atoms. The zero-order chi connectivity index (χ0) is 26.9. The number of thioether (sulfide) groups is 2. The molecule has 6 unspecified atom stereocenters. The molecule has 0 aromatic rings. The van der Waals surface area contributed by atoms with E-state index in [2.05, 4.69) is 55.0 Å². The lowest BCUT2D eigenvalue weighted by Crippen LogP contribution is -2.37. The van der Waals surface area contributed by atoms with Gasteiger partial charge in [0.15, 0.2) is 0 Å². The molecule has 4 saturated heterocycles. The number of carbonyl (C=O) groups is 2. The van der Waals surface area contributed by atoms with Gasteiger partial charge in [0, 0.05) is 72.4 Å². The molecule has 0 spiro atoms. The monoisotopic (exact) mass is 564 g/mol. The summed E-state index contributed by atoms with van der Waals surface area (Å²) in [4.78, 5) is 21.7. The fourth-order valence-electron chi connectivity index (χ4n) is 4.94. The summed E-state index contributed by atoms with van der Waals surface area (Å²) in [6, 6.07) is 2.53. The third-order valence-electron chi connectivity index (χ3n) is 6.83. The first-order valence-electron chi connectivity index (χ1n) is 13.2. The molecule has 0 saturated carbocycles. The van der Waals surface area contributed by atoms with Crippen LogP contribution in [0.5, 0.6) is 0 Å². The molecule has 14 N–H and O–H groups in total. The smallest absolute Gasteiger partial charge is 0.303 e. The topological polar surface area (TPSA) is 217 Å². The average Bonchev–Trinajstić information content (AvgIpc) is 3.67. The number of rotatable bonds is 13. The molecule has 0 aromatic heterocycles. The van der Waals surface area contributed by atoms with E-state index < -0.39 is 5.97 Å². The average molecular weight is 565 g/mol. The lowest BCUT2D eigenvalue weighted by atomic mass is 10.0. The summed E-state index contributed by atoms with van der Waals surface area (Å²) in [6.07, 6.45) is 7.18. The minimum absolute atomic E-state index is 0.0746. The van der Waals surface area contributed by atoms with Gasteiger partial charge in [-0.3, -0.25) is 42.5 Å². The van der Waals surface area contributed by atoms with Crippen LogP contribution < -0.4 is 54.9 Å². The van der Waals surface area contributed by atoms with Gasteiger partial charge in [0.2, 0.25) is 5.91 Å². The number of carbonyl (C=O) groups excluding carboxylic acids is 1. The summed E-state index contributed by atoms with van der Waals surface area (Å²) in [5, 5.41) is 26.5. The largest absolute Gasteiger partial charge is 0.481 e. The van der Waals surface area contributed by atoms with Crippen molar-refractivity contribution in [1.82, 2.24) is 37.4 Å². The molecule has 6 atom stereocenters. The molecule has 15 heteroatoms. The minimum atomic E-state index is -0.674. The first-order chi connectivity index (χ1) is 18.0. The Morgan fingerprint density at radius 2 is 1.32 bits per heavy atom. The molecule has 4 rings (SSSR count). The van der Waals surface area contributed by atoms with E-state index in [0.29, 0.717) is 60.8 Å². The third kappa shape index (κ3) is 12.3. The molecule has 4 fully saturated rings. The number of hydrogen-bond acceptors (Lipinski definition) is 13. The van der Waals surface area contributed by atoms with Crippen molar-refractivity contribution < 1.29 is 14.7 Å². The minimum Gasteiger partial charge on any atom is -0.481 e. The Hall–Kier alpha value is -0.720. The van der Waals surface area contributed by atoms with Gasteiger partial charge in [0.05, 0.1) is 13.3 Å². The van der Waals surface area contributed by atoms with Gasteiger partial charge in [0.25, 0.3) is 0 Å². The van der Waals surface area contributed by atoms with Crippen LogP contribution in [0.1, 0.15) is 51.4 Å². The Morgan fingerprint density at radius 3 is 1.78 bits per heavy atom. The van der Waals surface area contributed by atoms with Crippen molar-refractivity contribution >= 4 is 35.4 Å². The standard InChI is InChI=1S/C11H23N5OS.C10H18N2O2S.CH7N3/c12-16-7-14-10(17)4-2-1-3-9-11-8(5-18-9)13-6-15-11;13-9(14)4-2-1-3-8-10-7(5-15-8)11-6-12-10;2-1-4-3/h8-9,11,13,15-16H,1-7,12H2,(H,14,17);7-8,10-12H,1-6H2,(H,13,14);4H,1-3H2. The van der Waals surface area contributed by atoms with Crippen LogP contribution in [-0.4, -0.2) is 89.8 Å². The molecule has 0 aliphatic carbocycles. The third-order valence-corrected chi connectivity index (χ3v) is 9.85. The van der Waals surface area contributed by atoms with Gasteiger partial charge in [-0.15, -0.1) is 0 Å². The summed E-state index contributed by atoms with van der Waals surface area (Å²) in [5.41, 5.74) is 9.41. The van der Waals surface area contributed by atoms with E-state index in [4.69, 9.17) is 16.7 Å². The molecule has 0 aromatic carbocycles. The Balaban J connectivity index is 0.000000230. The van der Waals surface area contributed by atoms with Crippen LogP contribution >= 0.6 is 23.5 Å². The maximum Gasteiger partial charge on any atom is 0.303 e. The number of hydrogen-bond donors (Lipinski definition) is 11. The molecule has 13 nitrogen and oxygen atoms in total. The van der Waals surface area contributed by atoms with Crippen molar-refractivity contribution in [3.05, 3.63) is 0 Å². The summed E-state index contributed by atoms with van der Waals surface area (Å²) >= 11 is 4.08. The van der Waals surface area contributed by atoms with E-state index >= 15 is 0 Å². The fraction of sp³-hybridized carbons (Fsp3) is 0.909. The van der Waals surface area contributed by atoms with Crippen molar-refractivity contribution in [2.24, 2.45) is 17.4 Å². The zero-order valence-corrected chi connectivity index (χ0v) is 23.3. The maximum atomic E-state index is 11.3. The molecule has 4 heterocycles. The number of nitrogens with one attached hydrogen (secondary N) is 7. The van der Waals surface area contributed by atoms with E-state index in [1.165, 1.54) is 17.9 Å². The summed E-state index contributed by atoms with van der Waals surface area (Å²) in [6.45, 7) is 2.57. The maximum absolute atomic E-state index is 11.3. The predicted molar refractivity (Wildman–Crippen MR) is 151 cm³/mol.